The first-order chi connectivity index (χ1) is 13.0. The predicted octanol–water partition coefficient (Wildman–Crippen LogP) is 4.17. The van der Waals surface area contributed by atoms with Gasteiger partial charge in [-0.3, -0.25) is 9.69 Å². The van der Waals surface area contributed by atoms with Gasteiger partial charge < -0.3 is 14.8 Å². The molecule has 5 nitrogen and oxygen atoms in total. The second-order valence-corrected chi connectivity index (χ2v) is 6.44. The van der Waals surface area contributed by atoms with Crippen LogP contribution in [0.5, 0.6) is 11.5 Å². The van der Waals surface area contributed by atoms with E-state index in [0.29, 0.717) is 28.6 Å². The summed E-state index contributed by atoms with van der Waals surface area (Å²) < 4.78 is 10.5. The minimum absolute atomic E-state index is 0.0192. The Kier molecular flexibility index (Phi) is 7.95. The zero-order chi connectivity index (χ0) is 19.8. The van der Waals surface area contributed by atoms with E-state index in [1.165, 1.54) is 0 Å². The Morgan fingerprint density at radius 3 is 2.41 bits per heavy atom. The number of nitrogens with one attached hydrogen (secondary N) is 1. The molecule has 0 saturated heterocycles. The van der Waals surface area contributed by atoms with E-state index in [2.05, 4.69) is 24.1 Å². The van der Waals surface area contributed by atoms with Crippen molar-refractivity contribution >= 4 is 17.5 Å². The first kappa shape index (κ1) is 21.1. The molecule has 0 bridgehead atoms. The fraction of sp³-hybridized carbons (Fsp3) is 0.381. The van der Waals surface area contributed by atoms with Crippen molar-refractivity contribution in [3.63, 3.8) is 0 Å². The molecule has 27 heavy (non-hydrogen) atoms. The van der Waals surface area contributed by atoms with Crippen LogP contribution < -0.4 is 14.8 Å². The van der Waals surface area contributed by atoms with Gasteiger partial charge in [0.05, 0.1) is 25.8 Å². The first-order valence-electron chi connectivity index (χ1n) is 9.04. The number of carbonyl (C=O) groups excluding carboxylic acids is 1. The van der Waals surface area contributed by atoms with Crippen LogP contribution in [0.25, 0.3) is 0 Å². The van der Waals surface area contributed by atoms with E-state index in [1.54, 1.807) is 32.4 Å². The molecule has 1 amide bonds. The summed E-state index contributed by atoms with van der Waals surface area (Å²) in [6, 6.07) is 12.9. The molecule has 0 aliphatic carbocycles. The van der Waals surface area contributed by atoms with Crippen molar-refractivity contribution in [2.24, 2.45) is 0 Å². The smallest absolute Gasteiger partial charge is 0.255 e. The Hall–Kier alpha value is -2.24. The number of rotatable bonds is 9. The minimum Gasteiger partial charge on any atom is -0.497 e. The van der Waals surface area contributed by atoms with Crippen molar-refractivity contribution in [1.82, 2.24) is 10.2 Å². The van der Waals surface area contributed by atoms with E-state index in [0.717, 1.165) is 18.7 Å². The van der Waals surface area contributed by atoms with Crippen molar-refractivity contribution in [3.8, 4) is 11.5 Å². The van der Waals surface area contributed by atoms with Crippen molar-refractivity contribution in [3.05, 3.63) is 58.6 Å². The number of hydrogen-bond donors (Lipinski definition) is 1. The second kappa shape index (κ2) is 10.2. The summed E-state index contributed by atoms with van der Waals surface area (Å²) >= 11 is 6.42. The van der Waals surface area contributed by atoms with Gasteiger partial charge in [0.25, 0.3) is 5.91 Å². The SMILES string of the molecule is CCN(CC)C(CNC(=O)c1cc(OC)ccc1OC)c1ccccc1Cl. The van der Waals surface area contributed by atoms with Crippen LogP contribution in [-0.2, 0) is 0 Å². The van der Waals surface area contributed by atoms with Gasteiger partial charge in [0.15, 0.2) is 0 Å². The maximum Gasteiger partial charge on any atom is 0.255 e. The summed E-state index contributed by atoms with van der Waals surface area (Å²) in [7, 11) is 3.11. The summed E-state index contributed by atoms with van der Waals surface area (Å²) in [6.45, 7) is 6.33. The maximum atomic E-state index is 12.8. The van der Waals surface area contributed by atoms with Gasteiger partial charge in [0.1, 0.15) is 11.5 Å². The van der Waals surface area contributed by atoms with E-state index >= 15 is 0 Å². The van der Waals surface area contributed by atoms with Gasteiger partial charge in [-0.1, -0.05) is 43.6 Å². The van der Waals surface area contributed by atoms with Gasteiger partial charge >= 0.3 is 0 Å². The number of benzene rings is 2. The number of ether oxygens (including phenoxy) is 2. The fourth-order valence-corrected chi connectivity index (χ4v) is 3.38. The lowest BCUT2D eigenvalue weighted by Crippen LogP contribution is -2.38. The molecule has 2 aromatic rings. The summed E-state index contributed by atoms with van der Waals surface area (Å²) in [5.74, 6) is 0.896. The van der Waals surface area contributed by atoms with Crippen molar-refractivity contribution in [2.75, 3.05) is 33.9 Å². The molecule has 0 spiro atoms. The average molecular weight is 391 g/mol. The normalized spacial score (nSPS) is 11.9. The van der Waals surface area contributed by atoms with Crippen molar-refractivity contribution in [2.45, 2.75) is 19.9 Å². The summed E-state index contributed by atoms with van der Waals surface area (Å²) in [4.78, 5) is 15.1. The Bertz CT molecular complexity index is 763. The van der Waals surface area contributed by atoms with Crippen LogP contribution in [0.3, 0.4) is 0 Å². The Balaban J connectivity index is 2.24. The van der Waals surface area contributed by atoms with Crippen LogP contribution in [0.4, 0.5) is 0 Å². The average Bonchev–Trinajstić information content (AvgIpc) is 2.71. The predicted molar refractivity (Wildman–Crippen MR) is 109 cm³/mol. The monoisotopic (exact) mass is 390 g/mol. The summed E-state index contributed by atoms with van der Waals surface area (Å²) in [6.07, 6.45) is 0. The maximum absolute atomic E-state index is 12.8. The highest BCUT2D eigenvalue weighted by Gasteiger charge is 2.22. The highest BCUT2D eigenvalue weighted by molar-refractivity contribution is 6.31. The number of amides is 1. The molecule has 1 atom stereocenters. The summed E-state index contributed by atoms with van der Waals surface area (Å²) in [5, 5.41) is 3.72. The van der Waals surface area contributed by atoms with E-state index in [4.69, 9.17) is 21.1 Å². The number of nitrogens with zero attached hydrogens (tertiary/aromatic N) is 1. The van der Waals surface area contributed by atoms with Gasteiger partial charge in [0, 0.05) is 11.6 Å². The van der Waals surface area contributed by atoms with Crippen LogP contribution in [0, 0.1) is 0 Å². The second-order valence-electron chi connectivity index (χ2n) is 6.03. The topological polar surface area (TPSA) is 50.8 Å². The van der Waals surface area contributed by atoms with Gasteiger partial charge in [-0.2, -0.15) is 0 Å². The molecular formula is C21H27ClN2O3. The lowest BCUT2D eigenvalue weighted by molar-refractivity contribution is 0.0931. The van der Waals surface area contributed by atoms with Crippen molar-refractivity contribution in [1.29, 1.82) is 0 Å². The van der Waals surface area contributed by atoms with Gasteiger partial charge in [0.2, 0.25) is 0 Å². The third-order valence-electron chi connectivity index (χ3n) is 4.62. The van der Waals surface area contributed by atoms with E-state index in [9.17, 15) is 4.79 Å². The molecule has 146 valence electrons. The molecule has 0 heterocycles. The van der Waals surface area contributed by atoms with Crippen LogP contribution in [0.1, 0.15) is 35.8 Å². The largest absolute Gasteiger partial charge is 0.497 e. The van der Waals surface area contributed by atoms with Crippen LogP contribution in [-0.4, -0.2) is 44.7 Å². The lowest BCUT2D eigenvalue weighted by atomic mass is 10.0. The third kappa shape index (κ3) is 5.15. The third-order valence-corrected chi connectivity index (χ3v) is 4.97. The lowest BCUT2D eigenvalue weighted by Gasteiger charge is -2.31. The zero-order valence-corrected chi connectivity index (χ0v) is 17.0. The molecule has 0 aliphatic heterocycles. The van der Waals surface area contributed by atoms with E-state index in [-0.39, 0.29) is 11.9 Å². The van der Waals surface area contributed by atoms with E-state index in [1.807, 2.05) is 24.3 Å². The molecule has 0 aromatic heterocycles. The minimum atomic E-state index is -0.213. The van der Waals surface area contributed by atoms with E-state index < -0.39 is 0 Å². The molecule has 2 aromatic carbocycles. The molecule has 0 fully saturated rings. The molecule has 0 aliphatic rings. The van der Waals surface area contributed by atoms with Gasteiger partial charge in [-0.15, -0.1) is 0 Å². The van der Waals surface area contributed by atoms with Gasteiger partial charge in [-0.05, 0) is 42.9 Å². The van der Waals surface area contributed by atoms with Crippen LogP contribution in [0.2, 0.25) is 5.02 Å². The number of carbonyl (C=O) groups is 1. The number of hydrogen-bond acceptors (Lipinski definition) is 4. The van der Waals surface area contributed by atoms with Crippen molar-refractivity contribution < 1.29 is 14.3 Å². The molecule has 1 unspecified atom stereocenters. The zero-order valence-electron chi connectivity index (χ0n) is 16.3. The van der Waals surface area contributed by atoms with Crippen LogP contribution in [0.15, 0.2) is 42.5 Å². The quantitative estimate of drug-likeness (QED) is 0.698. The summed E-state index contributed by atoms with van der Waals surface area (Å²) in [5.41, 5.74) is 1.44. The number of likely N-dealkylation sites (N-methyl/N-ethyl adjacent to an activating group) is 1. The number of halogens is 1. The molecule has 1 N–H and O–H groups in total. The Labute approximate surface area is 166 Å². The molecule has 2 rings (SSSR count). The van der Waals surface area contributed by atoms with Crippen LogP contribution >= 0.6 is 11.6 Å². The van der Waals surface area contributed by atoms with Gasteiger partial charge in [-0.25, -0.2) is 0 Å². The first-order valence-corrected chi connectivity index (χ1v) is 9.42. The standard InChI is InChI=1S/C21H27ClN2O3/c1-5-24(6-2)19(16-9-7-8-10-18(16)22)14-23-21(25)17-13-15(26-3)11-12-20(17)27-4/h7-13,19H,5-6,14H2,1-4H3,(H,23,25). The Morgan fingerprint density at radius 2 is 1.81 bits per heavy atom. The molecular weight excluding hydrogens is 364 g/mol. The highest BCUT2D eigenvalue weighted by Crippen LogP contribution is 2.28. The molecule has 0 saturated carbocycles. The Morgan fingerprint density at radius 1 is 1.11 bits per heavy atom. The number of methoxy groups -OCH3 is 2. The molecule has 6 heteroatoms. The molecule has 0 radical (unpaired) electrons. The fourth-order valence-electron chi connectivity index (χ4n) is 3.12. The highest BCUT2D eigenvalue weighted by atomic mass is 35.5.